The molecule has 3 aromatic rings. The zero-order valence-electron chi connectivity index (χ0n) is 26.8. The Kier molecular flexibility index (Phi) is 10.7. The molecule has 3 amide bonds. The monoisotopic (exact) mass is 686 g/mol. The van der Waals surface area contributed by atoms with Gasteiger partial charge in [0.25, 0.3) is 11.8 Å². The number of amides is 3. The van der Waals surface area contributed by atoms with Crippen molar-refractivity contribution in [3.8, 4) is 5.75 Å². The number of alkyl halides is 3. The Balaban J connectivity index is 1.35. The van der Waals surface area contributed by atoms with Crippen molar-refractivity contribution in [2.24, 2.45) is 0 Å². The third-order valence-electron chi connectivity index (χ3n) is 7.44. The van der Waals surface area contributed by atoms with Crippen LogP contribution in [0.4, 0.5) is 29.3 Å². The minimum absolute atomic E-state index is 0.0498. The van der Waals surface area contributed by atoms with Crippen molar-refractivity contribution in [1.82, 2.24) is 10.6 Å². The molecule has 0 unspecified atom stereocenters. The van der Waals surface area contributed by atoms with Crippen LogP contribution in [-0.2, 0) is 27.4 Å². The van der Waals surface area contributed by atoms with E-state index in [-0.39, 0.29) is 24.7 Å². The molecule has 48 heavy (non-hydrogen) atoms. The first-order valence-corrected chi connectivity index (χ1v) is 16.3. The van der Waals surface area contributed by atoms with E-state index < -0.39 is 35.8 Å². The van der Waals surface area contributed by atoms with Gasteiger partial charge in [-0.1, -0.05) is 24.3 Å². The maximum atomic E-state index is 14.0. The third kappa shape index (κ3) is 9.57. The maximum absolute atomic E-state index is 14.0. The zero-order valence-corrected chi connectivity index (χ0v) is 27.6. The summed E-state index contributed by atoms with van der Waals surface area (Å²) < 4.78 is 52.9. The molecule has 14 heteroatoms. The molecule has 1 atom stereocenters. The molecule has 0 saturated carbocycles. The van der Waals surface area contributed by atoms with E-state index in [1.165, 1.54) is 28.8 Å². The minimum atomic E-state index is -4.84. The number of carbonyl (C=O) groups excluding carboxylic acids is 3. The molecule has 0 spiro atoms. The fourth-order valence-corrected chi connectivity index (χ4v) is 6.22. The molecule has 0 aliphatic carbocycles. The molecule has 0 radical (unpaired) electrons. The summed E-state index contributed by atoms with van der Waals surface area (Å²) in [6.07, 6.45) is -5.61. The Morgan fingerprint density at radius 1 is 0.958 bits per heavy atom. The van der Waals surface area contributed by atoms with E-state index in [2.05, 4.69) is 20.3 Å². The van der Waals surface area contributed by atoms with Crippen LogP contribution in [0.1, 0.15) is 42.3 Å². The third-order valence-corrected chi connectivity index (χ3v) is 8.59. The molecule has 1 fully saturated rings. The molecular formula is C34H37F3N4O6S. The van der Waals surface area contributed by atoms with Crippen molar-refractivity contribution < 1.29 is 41.8 Å². The minimum Gasteiger partial charge on any atom is -0.444 e. The first-order chi connectivity index (χ1) is 22.7. The van der Waals surface area contributed by atoms with Crippen molar-refractivity contribution in [1.29, 1.82) is 0 Å². The Labute approximate surface area is 280 Å². The fraction of sp³-hybridized carbons (Fsp3) is 0.382. The van der Waals surface area contributed by atoms with Crippen molar-refractivity contribution in [2.45, 2.75) is 56.8 Å². The molecule has 10 nitrogen and oxygen atoms in total. The second kappa shape index (κ2) is 14.8. The number of ether oxygens (including phenoxy) is 3. The summed E-state index contributed by atoms with van der Waals surface area (Å²) in [4.78, 5) is 44.2. The van der Waals surface area contributed by atoms with Crippen LogP contribution in [0.25, 0.3) is 0 Å². The van der Waals surface area contributed by atoms with Crippen molar-refractivity contribution in [3.63, 3.8) is 0 Å². The number of alkyl carbamates (subject to hydrolysis) is 1. The lowest BCUT2D eigenvalue weighted by Crippen LogP contribution is -2.50. The average Bonchev–Trinajstić information content (AvgIpc) is 3.15. The van der Waals surface area contributed by atoms with Gasteiger partial charge in [-0.05, 0) is 74.4 Å². The predicted octanol–water partition coefficient (Wildman–Crippen LogP) is 5.88. The van der Waals surface area contributed by atoms with Crippen LogP contribution in [-0.4, -0.2) is 68.0 Å². The summed E-state index contributed by atoms with van der Waals surface area (Å²) in [5, 5.41) is 5.58. The zero-order chi connectivity index (χ0) is 34.5. The van der Waals surface area contributed by atoms with E-state index in [4.69, 9.17) is 9.47 Å². The predicted molar refractivity (Wildman–Crippen MR) is 175 cm³/mol. The smallest absolute Gasteiger partial charge is 0.444 e. The molecule has 2 aliphatic heterocycles. The van der Waals surface area contributed by atoms with Gasteiger partial charge in [-0.2, -0.15) is 0 Å². The van der Waals surface area contributed by atoms with Gasteiger partial charge in [0.15, 0.2) is 0 Å². The number of carbonyl (C=O) groups is 3. The van der Waals surface area contributed by atoms with Crippen LogP contribution in [0.15, 0.2) is 71.6 Å². The van der Waals surface area contributed by atoms with Gasteiger partial charge in [0.2, 0.25) is 0 Å². The van der Waals surface area contributed by atoms with Gasteiger partial charge in [0.05, 0.1) is 25.4 Å². The molecule has 2 heterocycles. The van der Waals surface area contributed by atoms with Crippen LogP contribution >= 0.6 is 11.8 Å². The number of thioether (sulfide) groups is 1. The van der Waals surface area contributed by atoms with Crippen LogP contribution in [0.5, 0.6) is 5.75 Å². The molecule has 2 aliphatic rings. The average molecular weight is 687 g/mol. The van der Waals surface area contributed by atoms with Gasteiger partial charge < -0.3 is 34.6 Å². The first kappa shape index (κ1) is 34.9. The van der Waals surface area contributed by atoms with Gasteiger partial charge in [-0.25, -0.2) is 4.79 Å². The summed E-state index contributed by atoms with van der Waals surface area (Å²) in [6.45, 7) is 8.36. The van der Waals surface area contributed by atoms with Gasteiger partial charge in [0.1, 0.15) is 17.4 Å². The Bertz CT molecular complexity index is 1610. The number of nitrogens with one attached hydrogen (secondary N) is 2. The van der Waals surface area contributed by atoms with E-state index in [0.29, 0.717) is 34.9 Å². The number of fused-ring (bicyclic) bond motifs is 1. The van der Waals surface area contributed by atoms with Gasteiger partial charge in [0, 0.05) is 41.5 Å². The molecule has 3 aromatic carbocycles. The van der Waals surface area contributed by atoms with E-state index in [1.807, 2.05) is 24.3 Å². The highest BCUT2D eigenvalue weighted by atomic mass is 32.2. The topological polar surface area (TPSA) is 109 Å². The highest BCUT2D eigenvalue weighted by Crippen LogP contribution is 2.37. The SMILES string of the molecule is CC(C)(C)OC(=O)N[C@H]1CSc2ccc(C(=O)NCc3ccc(N4CCOCC4)cc3)cc2N(Cc2ccc(OC(F)(F)F)cc2)C1=O. The molecule has 5 rings (SSSR count). The molecule has 1 saturated heterocycles. The van der Waals surface area contributed by atoms with Crippen LogP contribution in [0.2, 0.25) is 0 Å². The molecule has 0 aromatic heterocycles. The summed E-state index contributed by atoms with van der Waals surface area (Å²) in [5.41, 5.74) is 2.45. The van der Waals surface area contributed by atoms with Crippen LogP contribution in [0, 0.1) is 0 Å². The first-order valence-electron chi connectivity index (χ1n) is 15.4. The lowest BCUT2D eigenvalue weighted by molar-refractivity contribution is -0.274. The summed E-state index contributed by atoms with van der Waals surface area (Å²) in [6, 6.07) is 17.1. The number of halogens is 3. The quantitative estimate of drug-likeness (QED) is 0.303. The Hall–Kier alpha value is -4.43. The Morgan fingerprint density at radius 2 is 1.62 bits per heavy atom. The van der Waals surface area contributed by atoms with E-state index in [9.17, 15) is 27.6 Å². The van der Waals surface area contributed by atoms with E-state index >= 15 is 0 Å². The van der Waals surface area contributed by atoms with Crippen molar-refractivity contribution in [3.05, 3.63) is 83.4 Å². The normalized spacial score (nSPS) is 16.9. The maximum Gasteiger partial charge on any atom is 0.573 e. The summed E-state index contributed by atoms with van der Waals surface area (Å²) in [7, 11) is 0. The van der Waals surface area contributed by atoms with Gasteiger partial charge in [-0.3, -0.25) is 9.59 Å². The summed E-state index contributed by atoms with van der Waals surface area (Å²) in [5.74, 6) is -1.04. The van der Waals surface area contributed by atoms with E-state index in [0.717, 1.165) is 36.5 Å². The fourth-order valence-electron chi connectivity index (χ4n) is 5.17. The number of benzene rings is 3. The lowest BCUT2D eigenvalue weighted by atomic mass is 10.1. The van der Waals surface area contributed by atoms with Crippen molar-refractivity contribution in [2.75, 3.05) is 41.9 Å². The van der Waals surface area contributed by atoms with Crippen LogP contribution < -0.4 is 25.2 Å². The number of anilines is 2. The molecule has 0 bridgehead atoms. The molecule has 2 N–H and O–H groups in total. The lowest BCUT2D eigenvalue weighted by Gasteiger charge is -2.28. The second-order valence-corrected chi connectivity index (χ2v) is 13.3. The number of rotatable bonds is 8. The number of morpholine rings is 1. The highest BCUT2D eigenvalue weighted by molar-refractivity contribution is 7.99. The van der Waals surface area contributed by atoms with Gasteiger partial charge in [-0.15, -0.1) is 24.9 Å². The van der Waals surface area contributed by atoms with E-state index in [1.54, 1.807) is 39.0 Å². The number of hydrogen-bond donors (Lipinski definition) is 2. The standard InChI is InChI=1S/C34H37F3N4O6S/c1-33(2,3)47-32(44)39-27-21-48-29-13-8-24(30(42)38-19-22-4-9-25(10-5-22)40-14-16-45-17-15-40)18-28(29)41(31(27)43)20-23-6-11-26(12-7-23)46-34(35,36)37/h4-13,18,27H,14-17,19-21H2,1-3H3,(H,38,42)(H,39,44)/t27-/m0/s1. The summed E-state index contributed by atoms with van der Waals surface area (Å²) >= 11 is 1.33. The molecular weight excluding hydrogens is 649 g/mol. The second-order valence-electron chi connectivity index (χ2n) is 12.3. The van der Waals surface area contributed by atoms with Gasteiger partial charge >= 0.3 is 12.5 Å². The van der Waals surface area contributed by atoms with Crippen LogP contribution in [0.3, 0.4) is 0 Å². The number of nitrogens with zero attached hydrogens (tertiary/aromatic N) is 2. The largest absolute Gasteiger partial charge is 0.573 e. The Morgan fingerprint density at radius 3 is 2.27 bits per heavy atom. The highest BCUT2D eigenvalue weighted by Gasteiger charge is 2.34. The molecule has 256 valence electrons. The number of hydrogen-bond acceptors (Lipinski definition) is 8. The van der Waals surface area contributed by atoms with Crippen molar-refractivity contribution >= 4 is 41.0 Å².